The largest absolute Gasteiger partial charge is 0.465 e. The van der Waals surface area contributed by atoms with E-state index in [4.69, 9.17) is 10.5 Å². The molecule has 120 valence electrons. The highest BCUT2D eigenvalue weighted by Gasteiger charge is 2.23. The lowest BCUT2D eigenvalue weighted by Gasteiger charge is -2.15. The number of esters is 1. The highest BCUT2D eigenvalue weighted by molar-refractivity contribution is 7.89. The van der Waals surface area contributed by atoms with Crippen LogP contribution in [0.1, 0.15) is 12.5 Å². The van der Waals surface area contributed by atoms with Gasteiger partial charge >= 0.3 is 5.97 Å². The van der Waals surface area contributed by atoms with Crippen LogP contribution in [0.5, 0.6) is 0 Å². The van der Waals surface area contributed by atoms with Crippen LogP contribution in [0.4, 0.5) is 0 Å². The Balaban J connectivity index is 0.00000400. The van der Waals surface area contributed by atoms with Gasteiger partial charge in [0.15, 0.2) is 0 Å². The fourth-order valence-electron chi connectivity index (χ4n) is 1.61. The molecule has 0 amide bonds. The molecule has 0 bridgehead atoms. The number of halogens is 1. The fraction of sp³-hybridized carbons (Fsp3) is 0.462. The van der Waals surface area contributed by atoms with Gasteiger partial charge in [-0.1, -0.05) is 30.3 Å². The van der Waals surface area contributed by atoms with Crippen LogP contribution in [0.3, 0.4) is 0 Å². The van der Waals surface area contributed by atoms with Crippen molar-refractivity contribution in [2.45, 2.75) is 19.4 Å². The van der Waals surface area contributed by atoms with Gasteiger partial charge in [-0.25, -0.2) is 8.42 Å². The molecule has 21 heavy (non-hydrogen) atoms. The van der Waals surface area contributed by atoms with E-state index in [0.29, 0.717) is 6.42 Å². The van der Waals surface area contributed by atoms with Crippen LogP contribution >= 0.6 is 12.4 Å². The lowest BCUT2D eigenvalue weighted by Crippen LogP contribution is -2.47. The lowest BCUT2D eigenvalue weighted by atomic mass is 10.2. The van der Waals surface area contributed by atoms with Gasteiger partial charge in [-0.15, -0.1) is 12.4 Å². The summed E-state index contributed by atoms with van der Waals surface area (Å²) in [7, 11) is -3.59. The number of carbonyl (C=O) groups is 1. The van der Waals surface area contributed by atoms with E-state index in [-0.39, 0.29) is 31.3 Å². The summed E-state index contributed by atoms with van der Waals surface area (Å²) >= 11 is 0. The lowest BCUT2D eigenvalue weighted by molar-refractivity contribution is -0.144. The van der Waals surface area contributed by atoms with Gasteiger partial charge in [-0.2, -0.15) is 4.72 Å². The molecule has 1 atom stereocenters. The SMILES string of the molecule is CCOC(=O)[C@H](CN)NS(=O)(=O)CCc1ccccc1.Cl. The molecule has 0 aliphatic rings. The van der Waals surface area contributed by atoms with Crippen molar-refractivity contribution in [2.75, 3.05) is 18.9 Å². The van der Waals surface area contributed by atoms with Gasteiger partial charge in [-0.05, 0) is 18.9 Å². The van der Waals surface area contributed by atoms with Crippen LogP contribution in [0, 0.1) is 0 Å². The second-order valence-electron chi connectivity index (χ2n) is 4.21. The molecule has 0 aliphatic heterocycles. The number of ether oxygens (including phenoxy) is 1. The first-order chi connectivity index (χ1) is 9.48. The van der Waals surface area contributed by atoms with Crippen molar-refractivity contribution in [3.8, 4) is 0 Å². The minimum atomic E-state index is -3.59. The van der Waals surface area contributed by atoms with Crippen LogP contribution in [0.15, 0.2) is 30.3 Å². The number of carbonyl (C=O) groups excluding carboxylic acids is 1. The molecule has 0 fully saturated rings. The standard InChI is InChI=1S/C13H20N2O4S.ClH/c1-2-19-13(16)12(10-14)15-20(17,18)9-8-11-6-4-3-5-7-11;/h3-7,12,15H,2,8-10,14H2,1H3;1H/t12-;/m0./s1. The number of nitrogens with two attached hydrogens (primary N) is 1. The van der Waals surface area contributed by atoms with Gasteiger partial charge in [0, 0.05) is 6.54 Å². The van der Waals surface area contributed by atoms with Crippen molar-refractivity contribution in [2.24, 2.45) is 5.73 Å². The summed E-state index contributed by atoms with van der Waals surface area (Å²) in [6.45, 7) is 1.69. The first-order valence-electron chi connectivity index (χ1n) is 6.39. The Bertz CT molecular complexity index is 522. The van der Waals surface area contributed by atoms with Gasteiger partial charge in [0.1, 0.15) is 6.04 Å². The molecule has 0 aliphatic carbocycles. The second kappa shape index (κ2) is 9.73. The molecule has 0 spiro atoms. The third kappa shape index (κ3) is 7.42. The van der Waals surface area contributed by atoms with Gasteiger partial charge in [-0.3, -0.25) is 4.79 Å². The quantitative estimate of drug-likeness (QED) is 0.672. The highest BCUT2D eigenvalue weighted by Crippen LogP contribution is 2.02. The van der Waals surface area contributed by atoms with E-state index in [2.05, 4.69) is 4.72 Å². The molecule has 0 radical (unpaired) electrons. The molecule has 0 unspecified atom stereocenters. The number of aryl methyl sites for hydroxylation is 1. The van der Waals surface area contributed by atoms with Gasteiger partial charge < -0.3 is 10.5 Å². The third-order valence-corrected chi connectivity index (χ3v) is 4.02. The van der Waals surface area contributed by atoms with E-state index < -0.39 is 22.0 Å². The topological polar surface area (TPSA) is 98.5 Å². The predicted molar refractivity (Wildman–Crippen MR) is 83.8 cm³/mol. The summed E-state index contributed by atoms with van der Waals surface area (Å²) < 4.78 is 30.8. The van der Waals surface area contributed by atoms with Crippen LogP contribution in [-0.4, -0.2) is 39.3 Å². The molecule has 0 aromatic heterocycles. The Morgan fingerprint density at radius 3 is 2.48 bits per heavy atom. The Hall–Kier alpha value is -1.15. The number of rotatable bonds is 8. The van der Waals surface area contributed by atoms with E-state index in [1.165, 1.54) is 0 Å². The summed E-state index contributed by atoms with van der Waals surface area (Å²) in [5, 5.41) is 0. The second-order valence-corrected chi connectivity index (χ2v) is 6.09. The number of benzene rings is 1. The van der Waals surface area contributed by atoms with Crippen molar-refractivity contribution < 1.29 is 17.9 Å². The number of sulfonamides is 1. The third-order valence-electron chi connectivity index (χ3n) is 2.63. The van der Waals surface area contributed by atoms with E-state index in [1.54, 1.807) is 6.92 Å². The van der Waals surface area contributed by atoms with Crippen molar-refractivity contribution in [3.05, 3.63) is 35.9 Å². The molecule has 0 heterocycles. The molecule has 1 aromatic rings. The summed E-state index contributed by atoms with van der Waals surface area (Å²) in [6.07, 6.45) is 0.371. The van der Waals surface area contributed by atoms with Crippen molar-refractivity contribution >= 4 is 28.4 Å². The molecule has 3 N–H and O–H groups in total. The van der Waals surface area contributed by atoms with E-state index in [1.807, 2.05) is 30.3 Å². The molecular formula is C13H21ClN2O4S. The zero-order valence-electron chi connectivity index (χ0n) is 11.8. The maximum atomic E-state index is 11.9. The molecule has 1 rings (SSSR count). The maximum absolute atomic E-state index is 11.9. The van der Waals surface area contributed by atoms with Crippen molar-refractivity contribution in [1.82, 2.24) is 4.72 Å². The first kappa shape index (κ1) is 19.9. The van der Waals surface area contributed by atoms with Gasteiger partial charge in [0.05, 0.1) is 12.4 Å². The fourth-order valence-corrected chi connectivity index (χ4v) is 2.86. The van der Waals surface area contributed by atoms with Crippen LogP contribution in [0.25, 0.3) is 0 Å². The Morgan fingerprint density at radius 1 is 1.33 bits per heavy atom. The Labute approximate surface area is 131 Å². The zero-order chi connectivity index (χ0) is 15.0. The smallest absolute Gasteiger partial charge is 0.325 e. The van der Waals surface area contributed by atoms with Crippen LogP contribution in [-0.2, 0) is 26.0 Å². The maximum Gasteiger partial charge on any atom is 0.325 e. The Kier molecular flexibility index (Phi) is 9.19. The molecule has 0 saturated heterocycles. The van der Waals surface area contributed by atoms with Crippen LogP contribution in [0.2, 0.25) is 0 Å². The number of nitrogens with one attached hydrogen (secondary N) is 1. The molecule has 0 saturated carbocycles. The zero-order valence-corrected chi connectivity index (χ0v) is 13.5. The van der Waals surface area contributed by atoms with Crippen LogP contribution < -0.4 is 10.5 Å². The van der Waals surface area contributed by atoms with E-state index in [0.717, 1.165) is 5.56 Å². The molecule has 8 heteroatoms. The summed E-state index contributed by atoms with van der Waals surface area (Å²) in [4.78, 5) is 11.5. The molecule has 1 aromatic carbocycles. The number of hydrogen-bond acceptors (Lipinski definition) is 5. The Morgan fingerprint density at radius 2 is 1.95 bits per heavy atom. The summed E-state index contributed by atoms with van der Waals surface area (Å²) in [5.41, 5.74) is 6.31. The monoisotopic (exact) mass is 336 g/mol. The molecular weight excluding hydrogens is 316 g/mol. The summed E-state index contributed by atoms with van der Waals surface area (Å²) in [6, 6.07) is 8.22. The summed E-state index contributed by atoms with van der Waals surface area (Å²) in [5.74, 6) is -0.759. The van der Waals surface area contributed by atoms with E-state index in [9.17, 15) is 13.2 Å². The van der Waals surface area contributed by atoms with Crippen molar-refractivity contribution in [3.63, 3.8) is 0 Å². The van der Waals surface area contributed by atoms with Gasteiger partial charge in [0.2, 0.25) is 10.0 Å². The van der Waals surface area contributed by atoms with Crippen molar-refractivity contribution in [1.29, 1.82) is 0 Å². The minimum absolute atomic E-state index is 0. The van der Waals surface area contributed by atoms with Gasteiger partial charge in [0.25, 0.3) is 0 Å². The average molecular weight is 337 g/mol. The first-order valence-corrected chi connectivity index (χ1v) is 8.04. The predicted octanol–water partition coefficient (Wildman–Crippen LogP) is 0.461. The number of hydrogen-bond donors (Lipinski definition) is 2. The van der Waals surface area contributed by atoms with E-state index >= 15 is 0 Å². The normalized spacial score (nSPS) is 12.3. The minimum Gasteiger partial charge on any atom is -0.465 e. The molecule has 6 nitrogen and oxygen atoms in total. The average Bonchev–Trinajstić information content (AvgIpc) is 2.44. The highest BCUT2D eigenvalue weighted by atomic mass is 35.5.